The van der Waals surface area contributed by atoms with Gasteiger partial charge in [0.1, 0.15) is 23.5 Å². The Morgan fingerprint density at radius 2 is 1.61 bits per heavy atom. The molecule has 1 saturated heterocycles. The molecule has 1 aliphatic heterocycles. The van der Waals surface area contributed by atoms with E-state index in [1.54, 1.807) is 18.3 Å². The van der Waals surface area contributed by atoms with Gasteiger partial charge in [0.05, 0.1) is 10.5 Å². The Bertz CT molecular complexity index is 1290. The van der Waals surface area contributed by atoms with Gasteiger partial charge in [-0.05, 0) is 24.6 Å². The summed E-state index contributed by atoms with van der Waals surface area (Å²) in [7, 11) is 0. The molecule has 0 unspecified atom stereocenters. The quantitative estimate of drug-likeness (QED) is 0.308. The van der Waals surface area contributed by atoms with Crippen LogP contribution in [-0.2, 0) is 12.0 Å². The van der Waals surface area contributed by atoms with Crippen LogP contribution in [0.1, 0.15) is 41.0 Å². The molecule has 170 valence electrons. The summed E-state index contributed by atoms with van der Waals surface area (Å²) in [4.78, 5) is 0. The first-order chi connectivity index (χ1) is 15.9. The van der Waals surface area contributed by atoms with Crippen LogP contribution >= 0.6 is 11.6 Å². The van der Waals surface area contributed by atoms with E-state index in [1.165, 1.54) is 40.9 Å². The van der Waals surface area contributed by atoms with Crippen molar-refractivity contribution in [3.8, 4) is 0 Å². The van der Waals surface area contributed by atoms with Gasteiger partial charge in [0, 0.05) is 28.5 Å². The van der Waals surface area contributed by atoms with E-state index >= 15 is 8.78 Å². The van der Waals surface area contributed by atoms with Crippen molar-refractivity contribution < 1.29 is 13.9 Å². The van der Waals surface area contributed by atoms with Crippen LogP contribution in [0.25, 0.3) is 5.52 Å². The molecule has 0 saturated carbocycles. The summed E-state index contributed by atoms with van der Waals surface area (Å²) >= 11 is 6.51. The lowest BCUT2D eigenvalue weighted by molar-refractivity contribution is 0.111. The highest BCUT2D eigenvalue weighted by atomic mass is 35.5. The summed E-state index contributed by atoms with van der Waals surface area (Å²) in [6.45, 7) is 1.90. The molecule has 7 nitrogen and oxygen atoms in total. The zero-order valence-electron chi connectivity index (χ0n) is 17.5. The average molecular weight is 471 g/mol. The van der Waals surface area contributed by atoms with Gasteiger partial charge in [0.25, 0.3) is 0 Å². The number of pyridine rings is 1. The van der Waals surface area contributed by atoms with Crippen LogP contribution in [0.15, 0.2) is 60.8 Å². The van der Waals surface area contributed by atoms with Gasteiger partial charge in [0.15, 0.2) is 5.60 Å². The first kappa shape index (κ1) is 21.9. The van der Waals surface area contributed by atoms with Gasteiger partial charge in [-0.2, -0.15) is 16.2 Å². The fourth-order valence-electron chi connectivity index (χ4n) is 4.31. The Balaban J connectivity index is 1.81. The van der Waals surface area contributed by atoms with E-state index in [1.807, 2.05) is 13.0 Å². The fourth-order valence-corrected chi connectivity index (χ4v) is 4.57. The van der Waals surface area contributed by atoms with Crippen LogP contribution < -0.4 is 21.9 Å². The van der Waals surface area contributed by atoms with Crippen molar-refractivity contribution in [3.05, 3.63) is 105 Å². The maximum atomic E-state index is 15.0. The Morgan fingerprint density at radius 3 is 2.15 bits per heavy atom. The molecule has 33 heavy (non-hydrogen) atoms. The highest BCUT2D eigenvalue weighted by Crippen LogP contribution is 2.41. The van der Waals surface area contributed by atoms with Gasteiger partial charge in [-0.1, -0.05) is 54.9 Å². The number of nitrogens with one attached hydrogen (secondary N) is 4. The molecule has 2 aromatic carbocycles. The molecule has 1 fully saturated rings. The Labute approximate surface area is 193 Å². The molecule has 0 spiro atoms. The van der Waals surface area contributed by atoms with Crippen molar-refractivity contribution in [1.82, 2.24) is 31.5 Å². The summed E-state index contributed by atoms with van der Waals surface area (Å²) < 4.78 is 31.6. The zero-order valence-corrected chi connectivity index (χ0v) is 18.3. The molecule has 0 bridgehead atoms. The number of fused-ring (bicyclic) bond motifs is 1. The van der Waals surface area contributed by atoms with Gasteiger partial charge in [-0.15, -0.1) is 0 Å². The number of halogens is 3. The van der Waals surface area contributed by atoms with Crippen LogP contribution in [-0.4, -0.2) is 14.7 Å². The number of hydrogen-bond donors (Lipinski definition) is 5. The number of benzene rings is 2. The average Bonchev–Trinajstić information content (AvgIpc) is 3.46. The second-order valence-electron chi connectivity index (χ2n) is 7.73. The second kappa shape index (κ2) is 8.45. The maximum Gasteiger partial charge on any atom is 0.165 e. The molecule has 1 aliphatic rings. The predicted octanol–water partition coefficient (Wildman–Crippen LogP) is 3.23. The molecule has 0 amide bonds. The smallest absolute Gasteiger partial charge is 0.165 e. The van der Waals surface area contributed by atoms with Crippen LogP contribution in [0.5, 0.6) is 0 Å². The van der Waals surface area contributed by atoms with Gasteiger partial charge >= 0.3 is 0 Å². The first-order valence-corrected chi connectivity index (χ1v) is 10.8. The van der Waals surface area contributed by atoms with Crippen molar-refractivity contribution in [3.63, 3.8) is 0 Å². The van der Waals surface area contributed by atoms with Crippen molar-refractivity contribution >= 4 is 17.1 Å². The highest BCUT2D eigenvalue weighted by molar-refractivity contribution is 6.31. The van der Waals surface area contributed by atoms with E-state index in [0.717, 1.165) is 5.56 Å². The van der Waals surface area contributed by atoms with E-state index in [0.29, 0.717) is 22.5 Å². The topological polar surface area (TPSA) is 85.7 Å². The van der Waals surface area contributed by atoms with Crippen molar-refractivity contribution in [2.45, 2.75) is 25.1 Å². The molecule has 0 radical (unpaired) electrons. The second-order valence-corrected chi connectivity index (χ2v) is 8.14. The van der Waals surface area contributed by atoms with Crippen molar-refractivity contribution in [2.24, 2.45) is 0 Å². The first-order valence-electron chi connectivity index (χ1n) is 10.4. The summed E-state index contributed by atoms with van der Waals surface area (Å²) in [5.74, 6) is -1.34. The lowest BCUT2D eigenvalue weighted by Gasteiger charge is -2.29. The maximum absolute atomic E-state index is 15.0. The lowest BCUT2D eigenvalue weighted by Crippen LogP contribution is -2.33. The highest BCUT2D eigenvalue weighted by Gasteiger charge is 2.42. The third-order valence-corrected chi connectivity index (χ3v) is 6.20. The largest absolute Gasteiger partial charge is 0.374 e. The monoisotopic (exact) mass is 470 g/mol. The minimum Gasteiger partial charge on any atom is -0.374 e. The van der Waals surface area contributed by atoms with Crippen molar-refractivity contribution in [1.29, 1.82) is 0 Å². The molecule has 3 heterocycles. The number of aryl methyl sites for hydroxylation is 1. The third-order valence-electron chi connectivity index (χ3n) is 5.88. The SMILES string of the molecule is CCc1c(C(O)(c2ccccc2F)c2ccccc2F)nn2cc(Cl)c(C3NNNN3)cc12. The van der Waals surface area contributed by atoms with E-state index < -0.39 is 17.2 Å². The van der Waals surface area contributed by atoms with Crippen LogP contribution in [0.2, 0.25) is 5.02 Å². The standard InChI is InChI=1S/C23H21ClF2N6O/c1-2-13-20-11-14(22-27-30-31-28-22)17(24)12-32(20)29-21(13)23(33,15-7-3-5-9-18(15)25)16-8-4-6-10-19(16)26/h3-12,22,27-28,30-31,33H,2H2,1H3. The lowest BCUT2D eigenvalue weighted by atomic mass is 9.80. The van der Waals surface area contributed by atoms with Gasteiger partial charge in [0.2, 0.25) is 0 Å². The molecule has 4 aromatic rings. The summed E-state index contributed by atoms with van der Waals surface area (Å²) in [5, 5.41) is 17.1. The van der Waals surface area contributed by atoms with Crippen LogP contribution in [0.4, 0.5) is 8.78 Å². The molecule has 0 atom stereocenters. The van der Waals surface area contributed by atoms with E-state index in [4.69, 9.17) is 11.6 Å². The molecule has 10 heteroatoms. The Hall–Kier alpha value is -2.92. The summed E-state index contributed by atoms with van der Waals surface area (Å²) in [5.41, 5.74) is 11.3. The Kier molecular flexibility index (Phi) is 5.61. The zero-order chi connectivity index (χ0) is 23.2. The van der Waals surface area contributed by atoms with Crippen molar-refractivity contribution in [2.75, 3.05) is 0 Å². The van der Waals surface area contributed by atoms with E-state index in [-0.39, 0.29) is 23.0 Å². The number of aliphatic hydroxyl groups is 1. The minimum absolute atomic E-state index is 0.0907. The Morgan fingerprint density at radius 1 is 1.03 bits per heavy atom. The van der Waals surface area contributed by atoms with E-state index in [9.17, 15) is 5.11 Å². The van der Waals surface area contributed by atoms with Gasteiger partial charge < -0.3 is 5.11 Å². The van der Waals surface area contributed by atoms with Crippen LogP contribution in [0, 0.1) is 11.6 Å². The molecule has 2 aromatic heterocycles. The number of nitrogens with zero attached hydrogens (tertiary/aromatic N) is 2. The number of rotatable bonds is 5. The molecule has 5 rings (SSSR count). The molecular formula is C23H21ClF2N6O. The summed E-state index contributed by atoms with van der Waals surface area (Å²) in [6.07, 6.45) is 1.73. The van der Waals surface area contributed by atoms with E-state index in [2.05, 4.69) is 27.0 Å². The normalized spacial score (nSPS) is 14.9. The van der Waals surface area contributed by atoms with Gasteiger partial charge in [-0.3, -0.25) is 0 Å². The molecule has 0 aliphatic carbocycles. The van der Waals surface area contributed by atoms with Gasteiger partial charge in [-0.25, -0.2) is 24.1 Å². The molecular weight excluding hydrogens is 450 g/mol. The number of hydrazine groups is 3. The predicted molar refractivity (Wildman–Crippen MR) is 120 cm³/mol. The summed E-state index contributed by atoms with van der Waals surface area (Å²) in [6, 6.07) is 13.4. The van der Waals surface area contributed by atoms with Crippen LogP contribution in [0.3, 0.4) is 0 Å². The minimum atomic E-state index is -2.17. The third kappa shape index (κ3) is 3.50. The molecule has 5 N–H and O–H groups in total. The number of hydrogen-bond acceptors (Lipinski definition) is 6. The fraction of sp³-hybridized carbons (Fsp3) is 0.174. The number of aromatic nitrogens is 2.